The smallest absolute Gasteiger partial charge is 0.304 e. The highest BCUT2D eigenvalue weighted by Crippen LogP contribution is 2.22. The normalized spacial score (nSPS) is 32.1. The quantitative estimate of drug-likeness (QED) is 0.466. The zero-order chi connectivity index (χ0) is 9.68. The summed E-state index contributed by atoms with van der Waals surface area (Å²) in [5, 5.41) is 0. The molecule has 0 aromatic rings. The van der Waals surface area contributed by atoms with Crippen LogP contribution in [0.4, 0.5) is 0 Å². The molecule has 0 aliphatic heterocycles. The molecule has 1 aliphatic carbocycles. The molecule has 0 saturated heterocycles. The first kappa shape index (κ1) is 10.6. The fourth-order valence-corrected chi connectivity index (χ4v) is 1.76. The summed E-state index contributed by atoms with van der Waals surface area (Å²) >= 11 is 0. The number of rotatable bonds is 2. The molecule has 72 valence electrons. The van der Waals surface area contributed by atoms with E-state index in [1.165, 1.54) is 30.3 Å². The highest BCUT2D eigenvalue weighted by Gasteiger charge is 2.10. The second-order valence-electron chi connectivity index (χ2n) is 3.83. The van der Waals surface area contributed by atoms with Gasteiger partial charge in [-0.2, -0.15) is 0 Å². The zero-order valence-electron chi connectivity index (χ0n) is 8.97. The van der Waals surface area contributed by atoms with E-state index in [4.69, 9.17) is 4.65 Å². The molecule has 0 heterocycles. The molecule has 1 atom stereocenters. The van der Waals surface area contributed by atoms with E-state index in [-0.39, 0.29) is 0 Å². The third-order valence-electron chi connectivity index (χ3n) is 2.83. The van der Waals surface area contributed by atoms with Gasteiger partial charge in [0.2, 0.25) is 0 Å². The molecule has 0 spiro atoms. The minimum Gasteiger partial charge on any atom is -0.437 e. The van der Waals surface area contributed by atoms with Gasteiger partial charge in [-0.25, -0.2) is 0 Å². The molecule has 1 unspecified atom stereocenters. The Morgan fingerprint density at radius 3 is 3.00 bits per heavy atom. The minimum absolute atomic E-state index is 0.588. The van der Waals surface area contributed by atoms with Crippen molar-refractivity contribution in [1.82, 2.24) is 0 Å². The Kier molecular flexibility index (Phi) is 4.30. The van der Waals surface area contributed by atoms with Crippen LogP contribution in [0.2, 0.25) is 0 Å². The average Bonchev–Trinajstić information content (AvgIpc) is 2.12. The van der Waals surface area contributed by atoms with E-state index in [1.54, 1.807) is 7.11 Å². The van der Waals surface area contributed by atoms with Crippen molar-refractivity contribution in [2.75, 3.05) is 7.11 Å². The molecule has 1 rings (SSSR count). The van der Waals surface area contributed by atoms with Gasteiger partial charge in [0.15, 0.2) is 0 Å². The van der Waals surface area contributed by atoms with Gasteiger partial charge in [-0.3, -0.25) is 0 Å². The maximum Gasteiger partial charge on any atom is 0.304 e. The highest BCUT2D eigenvalue weighted by atomic mass is 16.4. The molecule has 0 amide bonds. The predicted molar refractivity (Wildman–Crippen MR) is 59.0 cm³/mol. The molecule has 0 aromatic carbocycles. The lowest BCUT2D eigenvalue weighted by Gasteiger charge is -2.16. The molecule has 2 heteroatoms. The van der Waals surface area contributed by atoms with Crippen molar-refractivity contribution < 1.29 is 4.65 Å². The van der Waals surface area contributed by atoms with Gasteiger partial charge in [0.1, 0.15) is 0 Å². The predicted octanol–water partition coefficient (Wildman–Crippen LogP) is 2.63. The first-order valence-corrected chi connectivity index (χ1v) is 5.09. The molecule has 1 aliphatic rings. The van der Waals surface area contributed by atoms with Crippen LogP contribution in [0.5, 0.6) is 0 Å². The lowest BCUT2D eigenvalue weighted by molar-refractivity contribution is 0.445. The SMILES string of the molecule is COB/C1=C(/C)C(C)/C=C\CCC1. The monoisotopic (exact) mass is 178 g/mol. The molecule has 0 saturated carbocycles. The van der Waals surface area contributed by atoms with Crippen molar-refractivity contribution in [3.8, 4) is 0 Å². The molecule has 13 heavy (non-hydrogen) atoms. The summed E-state index contributed by atoms with van der Waals surface area (Å²) in [4.78, 5) is 0. The summed E-state index contributed by atoms with van der Waals surface area (Å²) in [5.41, 5.74) is 3.00. The third-order valence-corrected chi connectivity index (χ3v) is 2.83. The zero-order valence-corrected chi connectivity index (χ0v) is 8.97. The van der Waals surface area contributed by atoms with E-state index in [2.05, 4.69) is 26.0 Å². The van der Waals surface area contributed by atoms with Gasteiger partial charge in [-0.1, -0.05) is 30.1 Å². The van der Waals surface area contributed by atoms with E-state index in [9.17, 15) is 0 Å². The Morgan fingerprint density at radius 2 is 2.31 bits per heavy atom. The highest BCUT2D eigenvalue weighted by molar-refractivity contribution is 6.38. The second kappa shape index (κ2) is 5.28. The van der Waals surface area contributed by atoms with Crippen LogP contribution >= 0.6 is 0 Å². The van der Waals surface area contributed by atoms with Gasteiger partial charge in [-0.15, -0.1) is 0 Å². The standard InChI is InChI=1S/C11H19BO/c1-9-7-5-4-6-8-11(10(9)2)12-13-3/h5,7,9,12H,4,6,8H2,1-3H3/b7-5-,11-10-. The van der Waals surface area contributed by atoms with Crippen LogP contribution in [0.25, 0.3) is 0 Å². The Morgan fingerprint density at radius 1 is 1.54 bits per heavy atom. The number of hydrogen-bond acceptors (Lipinski definition) is 1. The van der Waals surface area contributed by atoms with Gasteiger partial charge >= 0.3 is 7.48 Å². The molecule has 1 nitrogen and oxygen atoms in total. The molecule has 0 bridgehead atoms. The first-order chi connectivity index (χ1) is 6.25. The van der Waals surface area contributed by atoms with Crippen molar-refractivity contribution >= 4 is 7.48 Å². The van der Waals surface area contributed by atoms with Gasteiger partial charge in [-0.05, 0) is 32.1 Å². The lowest BCUT2D eigenvalue weighted by atomic mass is 9.76. The summed E-state index contributed by atoms with van der Waals surface area (Å²) in [5.74, 6) is 0.588. The Labute approximate surface area is 82.1 Å². The van der Waals surface area contributed by atoms with E-state index in [0.717, 1.165) is 7.48 Å². The number of allylic oxidation sites excluding steroid dienone is 4. The van der Waals surface area contributed by atoms with Crippen molar-refractivity contribution in [2.24, 2.45) is 5.92 Å². The van der Waals surface area contributed by atoms with Gasteiger partial charge in [0.25, 0.3) is 0 Å². The van der Waals surface area contributed by atoms with E-state index >= 15 is 0 Å². The van der Waals surface area contributed by atoms with Crippen molar-refractivity contribution in [2.45, 2.75) is 33.1 Å². The maximum atomic E-state index is 5.21. The van der Waals surface area contributed by atoms with E-state index < -0.39 is 0 Å². The topological polar surface area (TPSA) is 9.23 Å². The van der Waals surface area contributed by atoms with Crippen LogP contribution in [-0.4, -0.2) is 14.6 Å². The average molecular weight is 178 g/mol. The minimum atomic E-state index is 0.588. The van der Waals surface area contributed by atoms with Crippen molar-refractivity contribution in [3.63, 3.8) is 0 Å². The summed E-state index contributed by atoms with van der Waals surface area (Å²) in [7, 11) is 2.59. The van der Waals surface area contributed by atoms with Crippen LogP contribution in [-0.2, 0) is 4.65 Å². The first-order valence-electron chi connectivity index (χ1n) is 5.09. The summed E-state index contributed by atoms with van der Waals surface area (Å²) in [6.45, 7) is 4.49. The summed E-state index contributed by atoms with van der Waals surface area (Å²) < 4.78 is 5.21. The number of hydrogen-bond donors (Lipinski definition) is 0. The fraction of sp³-hybridized carbons (Fsp3) is 0.636. The molecule has 0 N–H and O–H groups in total. The molecular weight excluding hydrogens is 159 g/mol. The summed E-state index contributed by atoms with van der Waals surface area (Å²) in [6.07, 6.45) is 8.29. The van der Waals surface area contributed by atoms with E-state index in [0.29, 0.717) is 5.92 Å². The molecule has 0 aromatic heterocycles. The second-order valence-corrected chi connectivity index (χ2v) is 3.83. The molecule has 0 radical (unpaired) electrons. The Balaban J connectivity index is 2.76. The maximum absolute atomic E-state index is 5.21. The Bertz CT molecular complexity index is 218. The largest absolute Gasteiger partial charge is 0.437 e. The Hall–Kier alpha value is -0.495. The van der Waals surface area contributed by atoms with Crippen LogP contribution < -0.4 is 0 Å². The third kappa shape index (κ3) is 3.04. The van der Waals surface area contributed by atoms with Crippen molar-refractivity contribution in [3.05, 3.63) is 23.2 Å². The van der Waals surface area contributed by atoms with Crippen LogP contribution in [0.3, 0.4) is 0 Å². The fourth-order valence-electron chi connectivity index (χ4n) is 1.76. The van der Waals surface area contributed by atoms with Gasteiger partial charge < -0.3 is 4.65 Å². The van der Waals surface area contributed by atoms with Gasteiger partial charge in [0, 0.05) is 7.11 Å². The van der Waals surface area contributed by atoms with E-state index in [1.807, 2.05) is 0 Å². The molecule has 0 fully saturated rings. The van der Waals surface area contributed by atoms with Gasteiger partial charge in [0.05, 0.1) is 0 Å². The van der Waals surface area contributed by atoms with Crippen LogP contribution in [0.1, 0.15) is 33.1 Å². The van der Waals surface area contributed by atoms with Crippen LogP contribution in [0, 0.1) is 5.92 Å². The van der Waals surface area contributed by atoms with Crippen LogP contribution in [0.15, 0.2) is 23.2 Å². The molecular formula is C11H19BO. The summed E-state index contributed by atoms with van der Waals surface area (Å²) in [6, 6.07) is 0. The van der Waals surface area contributed by atoms with Crippen molar-refractivity contribution in [1.29, 1.82) is 0 Å². The lowest BCUT2D eigenvalue weighted by Crippen LogP contribution is -2.07.